The van der Waals surface area contributed by atoms with E-state index in [1.165, 1.54) is 0 Å². The summed E-state index contributed by atoms with van der Waals surface area (Å²) in [6.07, 6.45) is -2.54. The van der Waals surface area contributed by atoms with Crippen LogP contribution in [-0.2, 0) is 12.7 Å². The molecule has 1 fully saturated rings. The maximum Gasteiger partial charge on any atom is 0.433 e. The fourth-order valence-corrected chi connectivity index (χ4v) is 3.31. The van der Waals surface area contributed by atoms with Gasteiger partial charge in [0.25, 0.3) is 0 Å². The number of anilines is 1. The van der Waals surface area contributed by atoms with E-state index in [0.29, 0.717) is 19.8 Å². The zero-order valence-corrected chi connectivity index (χ0v) is 14.5. The van der Waals surface area contributed by atoms with Crippen molar-refractivity contribution in [3.63, 3.8) is 0 Å². The number of fused-ring (bicyclic) bond motifs is 1. The molecule has 0 radical (unpaired) electrons. The Balaban J connectivity index is 1.35. The lowest BCUT2D eigenvalue weighted by molar-refractivity contribution is -0.141. The molecule has 0 spiro atoms. The van der Waals surface area contributed by atoms with Crippen LogP contribution in [-0.4, -0.2) is 47.2 Å². The minimum absolute atomic E-state index is 0.00527. The highest BCUT2D eigenvalue weighted by atomic mass is 19.4. The van der Waals surface area contributed by atoms with Gasteiger partial charge in [0.2, 0.25) is 5.95 Å². The number of rotatable bonds is 4. The van der Waals surface area contributed by atoms with Crippen LogP contribution in [0, 0.1) is 0 Å². The van der Waals surface area contributed by atoms with E-state index in [9.17, 15) is 13.2 Å². The Bertz CT molecular complexity index is 815. The average Bonchev–Trinajstić information content (AvgIpc) is 3.08. The van der Waals surface area contributed by atoms with Crippen molar-refractivity contribution in [3.8, 4) is 11.5 Å². The van der Waals surface area contributed by atoms with Crippen molar-refractivity contribution in [3.05, 3.63) is 41.7 Å². The second-order valence-electron chi connectivity index (χ2n) is 6.61. The molecule has 0 saturated carbocycles. The van der Waals surface area contributed by atoms with Gasteiger partial charge in [-0.1, -0.05) is 6.07 Å². The molecule has 1 N–H and O–H groups in total. The second kappa shape index (κ2) is 7.22. The quantitative estimate of drug-likeness (QED) is 0.880. The molecular formula is C18H19F3N4O2. The van der Waals surface area contributed by atoms with Crippen LogP contribution in [0.1, 0.15) is 17.7 Å². The normalized spacial score (nSPS) is 19.9. The molecule has 0 bridgehead atoms. The molecule has 2 aliphatic heterocycles. The molecule has 4 rings (SSSR count). The van der Waals surface area contributed by atoms with Gasteiger partial charge in [0, 0.05) is 31.9 Å². The number of hydrogen-bond acceptors (Lipinski definition) is 6. The van der Waals surface area contributed by atoms with Gasteiger partial charge in [-0.3, -0.25) is 4.90 Å². The fraction of sp³-hybridized carbons (Fsp3) is 0.444. The van der Waals surface area contributed by atoms with Crippen molar-refractivity contribution < 1.29 is 22.6 Å². The van der Waals surface area contributed by atoms with E-state index in [1.54, 1.807) is 0 Å². The molecule has 6 nitrogen and oxygen atoms in total. The molecule has 1 atom stereocenters. The summed E-state index contributed by atoms with van der Waals surface area (Å²) in [6.45, 7) is 3.38. The molecule has 0 aliphatic carbocycles. The van der Waals surface area contributed by atoms with Crippen LogP contribution in [0.15, 0.2) is 30.5 Å². The van der Waals surface area contributed by atoms with Crippen molar-refractivity contribution in [1.82, 2.24) is 14.9 Å². The second-order valence-corrected chi connectivity index (χ2v) is 6.61. The lowest BCUT2D eigenvalue weighted by Gasteiger charge is -2.21. The average molecular weight is 380 g/mol. The molecule has 9 heteroatoms. The molecule has 1 saturated heterocycles. The molecule has 27 heavy (non-hydrogen) atoms. The van der Waals surface area contributed by atoms with Gasteiger partial charge in [0.1, 0.15) is 18.9 Å². The number of hydrogen-bond donors (Lipinski definition) is 1. The lowest BCUT2D eigenvalue weighted by Crippen LogP contribution is -2.27. The van der Waals surface area contributed by atoms with Gasteiger partial charge < -0.3 is 14.8 Å². The summed E-state index contributed by atoms with van der Waals surface area (Å²) in [7, 11) is 0. The molecule has 2 aromatic rings. The van der Waals surface area contributed by atoms with Crippen molar-refractivity contribution in [2.75, 3.05) is 31.6 Å². The van der Waals surface area contributed by atoms with Gasteiger partial charge in [-0.2, -0.15) is 13.2 Å². The third-order valence-electron chi connectivity index (χ3n) is 4.56. The van der Waals surface area contributed by atoms with Crippen molar-refractivity contribution >= 4 is 5.95 Å². The smallest absolute Gasteiger partial charge is 0.433 e. The number of aromatic nitrogens is 2. The topological polar surface area (TPSA) is 59.5 Å². The number of alkyl halides is 3. The van der Waals surface area contributed by atoms with Gasteiger partial charge in [-0.15, -0.1) is 0 Å². The van der Waals surface area contributed by atoms with E-state index in [-0.39, 0.29) is 12.0 Å². The highest BCUT2D eigenvalue weighted by Crippen LogP contribution is 2.31. The van der Waals surface area contributed by atoms with Crippen LogP contribution in [0.5, 0.6) is 11.5 Å². The van der Waals surface area contributed by atoms with E-state index < -0.39 is 11.9 Å². The predicted molar refractivity (Wildman–Crippen MR) is 91.8 cm³/mol. The first kappa shape index (κ1) is 17.8. The first-order valence-corrected chi connectivity index (χ1v) is 8.75. The maximum atomic E-state index is 12.8. The molecule has 0 amide bonds. The number of ether oxygens (including phenoxy) is 2. The summed E-state index contributed by atoms with van der Waals surface area (Å²) >= 11 is 0. The van der Waals surface area contributed by atoms with Crippen molar-refractivity contribution in [2.24, 2.45) is 0 Å². The Kier molecular flexibility index (Phi) is 4.77. The summed E-state index contributed by atoms with van der Waals surface area (Å²) in [4.78, 5) is 9.70. The highest BCUT2D eigenvalue weighted by Gasteiger charge is 2.33. The number of likely N-dealkylation sites (tertiary alicyclic amines) is 1. The predicted octanol–water partition coefficient (Wildman–Crippen LogP) is 2.95. The highest BCUT2D eigenvalue weighted by molar-refractivity contribution is 5.43. The summed E-state index contributed by atoms with van der Waals surface area (Å²) < 4.78 is 49.4. The van der Waals surface area contributed by atoms with Crippen LogP contribution in [0.3, 0.4) is 0 Å². The van der Waals surface area contributed by atoms with Gasteiger partial charge in [-0.25, -0.2) is 9.97 Å². The molecule has 1 unspecified atom stereocenters. The first-order valence-electron chi connectivity index (χ1n) is 8.75. The lowest BCUT2D eigenvalue weighted by atomic mass is 10.2. The van der Waals surface area contributed by atoms with E-state index in [0.717, 1.165) is 48.8 Å². The summed E-state index contributed by atoms with van der Waals surface area (Å²) in [5.41, 5.74) is 0.168. The van der Waals surface area contributed by atoms with Crippen molar-refractivity contribution in [1.29, 1.82) is 0 Å². The van der Waals surface area contributed by atoms with E-state index in [2.05, 4.69) is 20.2 Å². The molecular weight excluding hydrogens is 361 g/mol. The monoisotopic (exact) mass is 380 g/mol. The van der Waals surface area contributed by atoms with Crippen LogP contribution >= 0.6 is 0 Å². The molecule has 3 heterocycles. The zero-order chi connectivity index (χ0) is 18.9. The maximum absolute atomic E-state index is 12.8. The van der Waals surface area contributed by atoms with E-state index in [4.69, 9.17) is 9.47 Å². The Labute approximate surface area is 154 Å². The Morgan fingerprint density at radius 3 is 2.78 bits per heavy atom. The number of nitrogens with zero attached hydrogens (tertiary/aromatic N) is 3. The van der Waals surface area contributed by atoms with Crippen LogP contribution in [0.2, 0.25) is 0 Å². The summed E-state index contributed by atoms with van der Waals surface area (Å²) in [6, 6.07) is 6.76. The largest absolute Gasteiger partial charge is 0.486 e. The molecule has 1 aromatic carbocycles. The Morgan fingerprint density at radius 1 is 1.15 bits per heavy atom. The van der Waals surface area contributed by atoms with Crippen LogP contribution in [0.25, 0.3) is 0 Å². The molecule has 1 aromatic heterocycles. The first-order chi connectivity index (χ1) is 13.0. The fourth-order valence-electron chi connectivity index (χ4n) is 3.31. The number of nitrogens with one attached hydrogen (secondary N) is 1. The summed E-state index contributed by atoms with van der Waals surface area (Å²) in [5.74, 6) is 1.52. The third-order valence-corrected chi connectivity index (χ3v) is 4.56. The van der Waals surface area contributed by atoms with Crippen LogP contribution < -0.4 is 14.8 Å². The zero-order valence-electron chi connectivity index (χ0n) is 14.5. The Hall–Kier alpha value is -2.55. The number of halogens is 3. The van der Waals surface area contributed by atoms with E-state index in [1.807, 2.05) is 18.2 Å². The summed E-state index contributed by atoms with van der Waals surface area (Å²) in [5, 5.41) is 3.01. The van der Waals surface area contributed by atoms with Gasteiger partial charge >= 0.3 is 6.18 Å². The minimum Gasteiger partial charge on any atom is -0.486 e. The van der Waals surface area contributed by atoms with Crippen molar-refractivity contribution in [2.45, 2.75) is 25.2 Å². The molecule has 144 valence electrons. The van der Waals surface area contributed by atoms with Crippen LogP contribution in [0.4, 0.5) is 19.1 Å². The third kappa shape index (κ3) is 4.24. The standard InChI is InChI=1S/C18H19F3N4O2/c19-18(20,21)16-3-5-22-17(24-16)23-13-4-6-25(11-13)10-12-1-2-14-15(9-12)27-8-7-26-14/h1-3,5,9,13H,4,6-8,10-11H2,(H,22,23,24). The van der Waals surface area contributed by atoms with Gasteiger partial charge in [0.15, 0.2) is 11.5 Å². The molecule has 2 aliphatic rings. The van der Waals surface area contributed by atoms with Gasteiger partial charge in [0.05, 0.1) is 0 Å². The Morgan fingerprint density at radius 2 is 1.96 bits per heavy atom. The SMILES string of the molecule is FC(F)(F)c1ccnc(NC2CCN(Cc3ccc4c(c3)OCCO4)C2)n1. The van der Waals surface area contributed by atoms with E-state index >= 15 is 0 Å². The number of benzene rings is 1. The van der Waals surface area contributed by atoms with Gasteiger partial charge in [-0.05, 0) is 30.2 Å². The minimum atomic E-state index is -4.47.